The highest BCUT2D eigenvalue weighted by molar-refractivity contribution is 4.77. The highest BCUT2D eigenvalue weighted by Gasteiger charge is 2.20. The Bertz CT molecular complexity index is 235. The van der Waals surface area contributed by atoms with E-state index in [1.807, 2.05) is 0 Å². The quantitative estimate of drug-likeness (QED) is 0.717. The van der Waals surface area contributed by atoms with Crippen LogP contribution in [-0.4, -0.2) is 61.7 Å². The van der Waals surface area contributed by atoms with Crippen LogP contribution in [0.25, 0.3) is 0 Å². The summed E-state index contributed by atoms with van der Waals surface area (Å²) in [5.74, 6) is 0. The zero-order chi connectivity index (χ0) is 14.3. The highest BCUT2D eigenvalue weighted by Crippen LogP contribution is 2.14. The number of hydrogen-bond acceptors (Lipinski definition) is 3. The molecule has 1 N–H and O–H groups in total. The fourth-order valence-electron chi connectivity index (χ4n) is 2.81. The molecule has 1 atom stereocenters. The molecule has 1 saturated heterocycles. The van der Waals surface area contributed by atoms with E-state index in [0.717, 1.165) is 12.6 Å². The molecular formula is C16H35N3. The lowest BCUT2D eigenvalue weighted by atomic mass is 10.0. The van der Waals surface area contributed by atoms with Gasteiger partial charge in [-0.25, -0.2) is 0 Å². The van der Waals surface area contributed by atoms with E-state index in [1.54, 1.807) is 0 Å². The topological polar surface area (TPSA) is 18.5 Å². The lowest BCUT2D eigenvalue weighted by molar-refractivity contribution is 0.133. The minimum atomic E-state index is 0.267. The Morgan fingerprint density at radius 2 is 1.95 bits per heavy atom. The Balaban J connectivity index is 2.02. The highest BCUT2D eigenvalue weighted by atomic mass is 15.2. The van der Waals surface area contributed by atoms with E-state index < -0.39 is 0 Å². The normalized spacial score (nSPS) is 22.1. The summed E-state index contributed by atoms with van der Waals surface area (Å²) in [7, 11) is 4.55. The minimum Gasteiger partial charge on any atom is -0.312 e. The van der Waals surface area contributed by atoms with Gasteiger partial charge in [0, 0.05) is 18.1 Å². The van der Waals surface area contributed by atoms with Gasteiger partial charge >= 0.3 is 0 Å². The lowest BCUT2D eigenvalue weighted by Gasteiger charge is -2.35. The van der Waals surface area contributed by atoms with Gasteiger partial charge in [-0.2, -0.15) is 0 Å². The molecule has 0 radical (unpaired) electrons. The van der Waals surface area contributed by atoms with Gasteiger partial charge in [0.05, 0.1) is 0 Å². The summed E-state index contributed by atoms with van der Waals surface area (Å²) >= 11 is 0. The van der Waals surface area contributed by atoms with Crippen LogP contribution in [0.1, 0.15) is 52.9 Å². The van der Waals surface area contributed by atoms with E-state index in [4.69, 9.17) is 0 Å². The molecule has 1 fully saturated rings. The third-order valence-electron chi connectivity index (χ3n) is 4.07. The number of nitrogens with zero attached hydrogens (tertiary/aromatic N) is 2. The molecule has 1 heterocycles. The maximum absolute atomic E-state index is 3.56. The van der Waals surface area contributed by atoms with Gasteiger partial charge in [-0.05, 0) is 80.2 Å². The first-order valence-electron chi connectivity index (χ1n) is 8.02. The first kappa shape index (κ1) is 16.9. The standard InChI is InChI=1S/C16H35N3/c1-16(2,3)17-11-7-6-8-13-19(5)15-10-9-12-18(4)14-15/h15,17H,6-14H2,1-5H3. The molecule has 3 nitrogen and oxygen atoms in total. The summed E-state index contributed by atoms with van der Waals surface area (Å²) in [5, 5.41) is 3.56. The third kappa shape index (κ3) is 7.91. The molecule has 0 aromatic carbocycles. The molecule has 0 aromatic rings. The second kappa shape index (κ2) is 8.23. The first-order chi connectivity index (χ1) is 8.88. The number of piperidine rings is 1. The van der Waals surface area contributed by atoms with Crippen LogP contribution in [0.4, 0.5) is 0 Å². The lowest BCUT2D eigenvalue weighted by Crippen LogP contribution is -2.45. The monoisotopic (exact) mass is 269 g/mol. The Kier molecular flexibility index (Phi) is 7.33. The van der Waals surface area contributed by atoms with Crippen molar-refractivity contribution in [1.82, 2.24) is 15.1 Å². The Morgan fingerprint density at radius 3 is 2.58 bits per heavy atom. The molecule has 3 heteroatoms. The maximum atomic E-state index is 3.56. The molecule has 1 rings (SSSR count). The van der Waals surface area contributed by atoms with Crippen molar-refractivity contribution >= 4 is 0 Å². The van der Waals surface area contributed by atoms with Gasteiger partial charge in [0.15, 0.2) is 0 Å². The van der Waals surface area contributed by atoms with Crippen LogP contribution < -0.4 is 5.32 Å². The SMILES string of the molecule is CN1CCCC(N(C)CCCCCNC(C)(C)C)C1. The van der Waals surface area contributed by atoms with Gasteiger partial charge in [-0.15, -0.1) is 0 Å². The molecule has 0 spiro atoms. The smallest absolute Gasteiger partial charge is 0.0220 e. The van der Waals surface area contributed by atoms with E-state index in [-0.39, 0.29) is 5.54 Å². The molecule has 0 saturated carbocycles. The number of nitrogens with one attached hydrogen (secondary N) is 1. The van der Waals surface area contributed by atoms with Crippen LogP contribution in [0.5, 0.6) is 0 Å². The van der Waals surface area contributed by atoms with Gasteiger partial charge in [0.2, 0.25) is 0 Å². The van der Waals surface area contributed by atoms with Crippen molar-refractivity contribution in [3.8, 4) is 0 Å². The van der Waals surface area contributed by atoms with Gasteiger partial charge in [-0.3, -0.25) is 0 Å². The second-order valence-corrected chi connectivity index (χ2v) is 7.28. The zero-order valence-corrected chi connectivity index (χ0v) is 13.8. The molecule has 1 unspecified atom stereocenters. The predicted octanol–water partition coefficient (Wildman–Crippen LogP) is 2.57. The van der Waals surface area contributed by atoms with Crippen molar-refractivity contribution in [2.24, 2.45) is 0 Å². The summed E-state index contributed by atoms with van der Waals surface area (Å²) in [5.41, 5.74) is 0.267. The predicted molar refractivity (Wildman–Crippen MR) is 84.8 cm³/mol. The summed E-state index contributed by atoms with van der Waals surface area (Å²) in [6, 6.07) is 0.784. The van der Waals surface area contributed by atoms with Gasteiger partial charge in [0.1, 0.15) is 0 Å². The molecule has 19 heavy (non-hydrogen) atoms. The zero-order valence-electron chi connectivity index (χ0n) is 13.8. The molecule has 0 amide bonds. The average Bonchev–Trinajstić information content (AvgIpc) is 2.32. The second-order valence-electron chi connectivity index (χ2n) is 7.28. The molecule has 1 aliphatic rings. The first-order valence-corrected chi connectivity index (χ1v) is 8.02. The van der Waals surface area contributed by atoms with Gasteiger partial charge in [0.25, 0.3) is 0 Å². The summed E-state index contributed by atoms with van der Waals surface area (Å²) in [4.78, 5) is 5.05. The number of likely N-dealkylation sites (N-methyl/N-ethyl adjacent to an activating group) is 2. The van der Waals surface area contributed by atoms with E-state index >= 15 is 0 Å². The molecular weight excluding hydrogens is 234 g/mol. The minimum absolute atomic E-state index is 0.267. The third-order valence-corrected chi connectivity index (χ3v) is 4.07. The van der Waals surface area contributed by atoms with E-state index in [9.17, 15) is 0 Å². The molecule has 114 valence electrons. The fraction of sp³-hybridized carbons (Fsp3) is 1.00. The van der Waals surface area contributed by atoms with Crippen LogP contribution in [-0.2, 0) is 0 Å². The van der Waals surface area contributed by atoms with E-state index in [0.29, 0.717) is 0 Å². The molecule has 0 aliphatic carbocycles. The molecule has 1 aliphatic heterocycles. The number of likely N-dealkylation sites (tertiary alicyclic amines) is 1. The fourth-order valence-corrected chi connectivity index (χ4v) is 2.81. The van der Waals surface area contributed by atoms with Crippen LogP contribution in [0.2, 0.25) is 0 Å². The van der Waals surface area contributed by atoms with Gasteiger partial charge in [-0.1, -0.05) is 6.42 Å². The van der Waals surface area contributed by atoms with Crippen molar-refractivity contribution in [2.45, 2.75) is 64.5 Å². The van der Waals surface area contributed by atoms with Crippen LogP contribution in [0.3, 0.4) is 0 Å². The van der Waals surface area contributed by atoms with Crippen LogP contribution in [0.15, 0.2) is 0 Å². The Morgan fingerprint density at radius 1 is 1.21 bits per heavy atom. The maximum Gasteiger partial charge on any atom is 0.0220 e. The van der Waals surface area contributed by atoms with Gasteiger partial charge < -0.3 is 15.1 Å². The van der Waals surface area contributed by atoms with Crippen molar-refractivity contribution in [1.29, 1.82) is 0 Å². The van der Waals surface area contributed by atoms with Crippen molar-refractivity contribution in [3.63, 3.8) is 0 Å². The molecule has 0 bridgehead atoms. The number of hydrogen-bond donors (Lipinski definition) is 1. The van der Waals surface area contributed by atoms with Crippen LogP contribution >= 0.6 is 0 Å². The van der Waals surface area contributed by atoms with Crippen LogP contribution in [0, 0.1) is 0 Å². The largest absolute Gasteiger partial charge is 0.312 e. The Labute approximate surface area is 120 Å². The summed E-state index contributed by atoms with van der Waals surface area (Å²) < 4.78 is 0. The number of rotatable bonds is 7. The summed E-state index contributed by atoms with van der Waals surface area (Å²) in [6.07, 6.45) is 6.72. The van der Waals surface area contributed by atoms with E-state index in [2.05, 4.69) is 50.0 Å². The van der Waals surface area contributed by atoms with Crippen molar-refractivity contribution < 1.29 is 0 Å². The van der Waals surface area contributed by atoms with E-state index in [1.165, 1.54) is 51.7 Å². The molecule has 0 aromatic heterocycles. The number of unbranched alkanes of at least 4 members (excludes halogenated alkanes) is 2. The van der Waals surface area contributed by atoms with Crippen molar-refractivity contribution in [2.75, 3.05) is 40.3 Å². The van der Waals surface area contributed by atoms with Crippen molar-refractivity contribution in [3.05, 3.63) is 0 Å². The Hall–Kier alpha value is -0.120. The average molecular weight is 269 g/mol. The summed E-state index contributed by atoms with van der Waals surface area (Å²) in [6.45, 7) is 11.7.